The van der Waals surface area contributed by atoms with Gasteiger partial charge < -0.3 is 31.2 Å². The first-order chi connectivity index (χ1) is 18.1. The third-order valence-electron chi connectivity index (χ3n) is 7.40. The van der Waals surface area contributed by atoms with E-state index < -0.39 is 18.2 Å². The molecule has 3 amide bonds. The van der Waals surface area contributed by atoms with Crippen LogP contribution in [0.4, 0.5) is 4.79 Å². The predicted octanol–water partition coefficient (Wildman–Crippen LogP) is 3.38. The highest BCUT2D eigenvalue weighted by atomic mass is 16.5. The molecule has 0 spiro atoms. The quantitative estimate of drug-likeness (QED) is 0.167. The number of nitrogens with two attached hydrogens (primary N) is 1. The van der Waals surface area contributed by atoms with Crippen LogP contribution in [0.5, 0.6) is 0 Å². The van der Waals surface area contributed by atoms with Crippen LogP contribution < -0.4 is 16.4 Å². The number of nitrogens with zero attached hydrogens (tertiary/aromatic N) is 2. The molecule has 1 aliphatic carbocycles. The average Bonchev–Trinajstić information content (AvgIpc) is 3.39. The van der Waals surface area contributed by atoms with Crippen molar-refractivity contribution in [2.24, 2.45) is 28.1 Å². The Morgan fingerprint density at radius 1 is 1.13 bits per heavy atom. The maximum atomic E-state index is 13.6. The molecule has 2 aliphatic rings. The average molecular weight is 530 g/mol. The first kappa shape index (κ1) is 29.3. The molecule has 1 saturated heterocycles. The Bertz CT molecular complexity index is 970. The highest BCUT2D eigenvalue weighted by molar-refractivity contribution is 5.92. The van der Waals surface area contributed by atoms with Crippen molar-refractivity contribution in [3.63, 3.8) is 0 Å². The highest BCUT2D eigenvalue weighted by Gasteiger charge is 2.39. The van der Waals surface area contributed by atoms with Crippen LogP contribution in [0.3, 0.4) is 0 Å². The number of carbonyl (C=O) groups is 3. The summed E-state index contributed by atoms with van der Waals surface area (Å²) in [6, 6.07) is 8.01. The molecule has 1 aromatic carbocycles. The van der Waals surface area contributed by atoms with E-state index in [1.54, 1.807) is 4.90 Å². The maximum absolute atomic E-state index is 13.6. The number of amides is 3. The van der Waals surface area contributed by atoms with Gasteiger partial charge in [0.05, 0.1) is 0 Å². The molecule has 1 aliphatic heterocycles. The Labute approximate surface area is 225 Å². The molecule has 3 rings (SSSR count). The van der Waals surface area contributed by atoms with E-state index in [1.165, 1.54) is 0 Å². The summed E-state index contributed by atoms with van der Waals surface area (Å²) < 4.78 is 5.37. The van der Waals surface area contributed by atoms with Crippen LogP contribution in [0.15, 0.2) is 35.5 Å². The monoisotopic (exact) mass is 529 g/mol. The van der Waals surface area contributed by atoms with Gasteiger partial charge in [-0.3, -0.25) is 9.59 Å². The molecule has 1 saturated carbocycles. The summed E-state index contributed by atoms with van der Waals surface area (Å²) in [4.78, 5) is 40.9. The van der Waals surface area contributed by atoms with E-state index >= 15 is 0 Å². The summed E-state index contributed by atoms with van der Waals surface area (Å²) in [5.41, 5.74) is 6.37. The van der Waals surface area contributed by atoms with Gasteiger partial charge in [-0.25, -0.2) is 4.79 Å². The van der Waals surface area contributed by atoms with Crippen molar-refractivity contribution in [1.29, 1.82) is 0 Å². The van der Waals surface area contributed by atoms with E-state index in [9.17, 15) is 14.4 Å². The molecule has 10 heteroatoms. The minimum atomic E-state index is -0.791. The lowest BCUT2D eigenvalue weighted by atomic mass is 9.81. The van der Waals surface area contributed by atoms with Crippen molar-refractivity contribution in [2.75, 3.05) is 13.1 Å². The molecule has 0 bridgehead atoms. The van der Waals surface area contributed by atoms with Gasteiger partial charge in [0.25, 0.3) is 0 Å². The van der Waals surface area contributed by atoms with E-state index in [4.69, 9.17) is 15.7 Å². The topological polar surface area (TPSA) is 146 Å². The number of nitrogens with one attached hydrogen (secondary N) is 2. The van der Waals surface area contributed by atoms with E-state index in [0.717, 1.165) is 37.7 Å². The van der Waals surface area contributed by atoms with Gasteiger partial charge in [0, 0.05) is 19.0 Å². The van der Waals surface area contributed by atoms with Crippen molar-refractivity contribution in [3.8, 4) is 0 Å². The van der Waals surface area contributed by atoms with Crippen LogP contribution in [-0.2, 0) is 20.9 Å². The van der Waals surface area contributed by atoms with Gasteiger partial charge in [0.2, 0.25) is 11.8 Å². The van der Waals surface area contributed by atoms with Crippen LogP contribution in [0, 0.1) is 17.3 Å². The second kappa shape index (κ2) is 13.5. The van der Waals surface area contributed by atoms with Gasteiger partial charge in [-0.15, -0.1) is 0 Å². The van der Waals surface area contributed by atoms with Gasteiger partial charge in [0.15, 0.2) is 0 Å². The molecule has 0 radical (unpaired) electrons. The van der Waals surface area contributed by atoms with Crippen molar-refractivity contribution in [1.82, 2.24) is 15.5 Å². The number of likely N-dealkylation sites (tertiary alicyclic amines) is 1. The molecule has 2 fully saturated rings. The fourth-order valence-corrected chi connectivity index (χ4v) is 5.33. The SMILES string of the molecule is CC(C)(C)C[C@@H](NC(=O)OCc1ccccc1)C(=O)N1CCC[C@H]1C(=O)NC[C@H]1CC[C@H](C(N)=NO)CC1. The summed E-state index contributed by atoms with van der Waals surface area (Å²) in [6.07, 6.45) is 4.51. The second-order valence-electron chi connectivity index (χ2n) is 11.7. The Balaban J connectivity index is 1.56. The highest BCUT2D eigenvalue weighted by Crippen LogP contribution is 2.29. The van der Waals surface area contributed by atoms with E-state index in [2.05, 4.69) is 15.8 Å². The van der Waals surface area contributed by atoms with Crippen molar-refractivity contribution >= 4 is 23.7 Å². The molecule has 10 nitrogen and oxygen atoms in total. The molecule has 0 unspecified atom stereocenters. The van der Waals surface area contributed by atoms with E-state index in [1.807, 2.05) is 51.1 Å². The van der Waals surface area contributed by atoms with Crippen LogP contribution >= 0.6 is 0 Å². The number of rotatable bonds is 9. The zero-order valence-corrected chi connectivity index (χ0v) is 22.8. The number of oxime groups is 1. The molecule has 1 aromatic rings. The van der Waals surface area contributed by atoms with Crippen molar-refractivity contribution in [2.45, 2.75) is 84.4 Å². The van der Waals surface area contributed by atoms with Gasteiger partial charge in [-0.1, -0.05) is 56.3 Å². The van der Waals surface area contributed by atoms with Crippen LogP contribution in [0.2, 0.25) is 0 Å². The van der Waals surface area contributed by atoms with Gasteiger partial charge in [-0.05, 0) is 61.8 Å². The minimum absolute atomic E-state index is 0.0847. The lowest BCUT2D eigenvalue weighted by Crippen LogP contribution is -2.54. The Kier molecular flexibility index (Phi) is 10.4. The van der Waals surface area contributed by atoms with Crippen LogP contribution in [0.1, 0.15) is 71.3 Å². The standard InChI is InChI=1S/C28H43N5O5/c1-28(2,3)16-22(31-27(36)38-18-20-8-5-4-6-9-20)26(35)33-15-7-10-23(33)25(34)30-17-19-11-13-21(14-12-19)24(29)32-37/h4-6,8-9,19,21-23,37H,7,10-18H2,1-3H3,(H2,29,32)(H,30,34)(H,31,36)/t19-,21-,22-,23+/m1/s1. The predicted molar refractivity (Wildman–Crippen MR) is 144 cm³/mol. The number of hydrogen-bond donors (Lipinski definition) is 4. The van der Waals surface area contributed by atoms with Crippen LogP contribution in [0.25, 0.3) is 0 Å². The maximum Gasteiger partial charge on any atom is 0.408 e. The van der Waals surface area contributed by atoms with E-state index in [0.29, 0.717) is 31.8 Å². The fraction of sp³-hybridized carbons (Fsp3) is 0.643. The summed E-state index contributed by atoms with van der Waals surface area (Å²) in [5.74, 6) is 0.266. The lowest BCUT2D eigenvalue weighted by molar-refractivity contribution is -0.140. The Hall–Kier alpha value is -3.30. The molecule has 1 heterocycles. The first-order valence-corrected chi connectivity index (χ1v) is 13.6. The van der Waals surface area contributed by atoms with Crippen molar-refractivity contribution < 1.29 is 24.3 Å². The molecule has 210 valence electrons. The van der Waals surface area contributed by atoms with Crippen molar-refractivity contribution in [3.05, 3.63) is 35.9 Å². The zero-order valence-electron chi connectivity index (χ0n) is 22.8. The van der Waals surface area contributed by atoms with Gasteiger partial charge in [-0.2, -0.15) is 0 Å². The molecule has 0 aromatic heterocycles. The lowest BCUT2D eigenvalue weighted by Gasteiger charge is -2.32. The number of hydrogen-bond acceptors (Lipinski definition) is 6. The summed E-state index contributed by atoms with van der Waals surface area (Å²) in [7, 11) is 0. The molecule has 38 heavy (non-hydrogen) atoms. The Morgan fingerprint density at radius 3 is 2.45 bits per heavy atom. The van der Waals surface area contributed by atoms with Gasteiger partial charge in [0.1, 0.15) is 24.5 Å². The third kappa shape index (κ3) is 8.63. The zero-order chi connectivity index (χ0) is 27.7. The number of amidine groups is 1. The molecule has 5 N–H and O–H groups in total. The molecular formula is C28H43N5O5. The normalized spacial score (nSPS) is 23.0. The largest absolute Gasteiger partial charge is 0.445 e. The van der Waals surface area contributed by atoms with E-state index in [-0.39, 0.29) is 35.6 Å². The third-order valence-corrected chi connectivity index (χ3v) is 7.40. The first-order valence-electron chi connectivity index (χ1n) is 13.6. The molecule has 2 atom stereocenters. The summed E-state index contributed by atoms with van der Waals surface area (Å²) in [6.45, 7) is 7.14. The van der Waals surface area contributed by atoms with Crippen LogP contribution in [-0.4, -0.2) is 59.0 Å². The fourth-order valence-electron chi connectivity index (χ4n) is 5.33. The molecular weight excluding hydrogens is 486 g/mol. The number of carbonyl (C=O) groups excluding carboxylic acids is 3. The summed E-state index contributed by atoms with van der Waals surface area (Å²) in [5, 5.41) is 17.8. The Morgan fingerprint density at radius 2 is 1.82 bits per heavy atom. The smallest absolute Gasteiger partial charge is 0.408 e. The number of benzene rings is 1. The second-order valence-corrected chi connectivity index (χ2v) is 11.7. The number of ether oxygens (including phenoxy) is 1. The minimum Gasteiger partial charge on any atom is -0.445 e. The summed E-state index contributed by atoms with van der Waals surface area (Å²) >= 11 is 0. The number of alkyl carbamates (subject to hydrolysis) is 1. The van der Waals surface area contributed by atoms with Gasteiger partial charge >= 0.3 is 6.09 Å².